The predicted octanol–water partition coefficient (Wildman–Crippen LogP) is 1.68. The lowest BCUT2D eigenvalue weighted by atomic mass is 10.1. The van der Waals surface area contributed by atoms with Gasteiger partial charge >= 0.3 is 0 Å². The maximum absolute atomic E-state index is 8.61. The molecule has 3 heteroatoms. The van der Waals surface area contributed by atoms with Gasteiger partial charge in [0.25, 0.3) is 0 Å². The van der Waals surface area contributed by atoms with Gasteiger partial charge in [0.05, 0.1) is 12.7 Å². The number of nitriles is 1. The molecule has 0 saturated heterocycles. The van der Waals surface area contributed by atoms with Crippen LogP contribution in [0.4, 0.5) is 0 Å². The fourth-order valence-electron chi connectivity index (χ4n) is 1.08. The van der Waals surface area contributed by atoms with Crippen LogP contribution < -0.4 is 5.73 Å². The second-order valence-electron chi connectivity index (χ2n) is 3.94. The number of hydrogen-bond acceptors (Lipinski definition) is 3. The minimum absolute atomic E-state index is 0.317. The van der Waals surface area contributed by atoms with Crippen LogP contribution in [0.1, 0.15) is 33.6 Å². The Morgan fingerprint density at radius 2 is 2.23 bits per heavy atom. The van der Waals surface area contributed by atoms with E-state index >= 15 is 0 Å². The second-order valence-corrected chi connectivity index (χ2v) is 3.94. The third kappa shape index (κ3) is 6.56. The quantitative estimate of drug-likeness (QED) is 0.683. The highest BCUT2D eigenvalue weighted by atomic mass is 16.5. The molecule has 0 spiro atoms. The summed E-state index contributed by atoms with van der Waals surface area (Å²) >= 11 is 0. The van der Waals surface area contributed by atoms with Gasteiger partial charge in [-0.25, -0.2) is 0 Å². The molecule has 0 aromatic rings. The molecule has 0 rings (SSSR count). The number of ether oxygens (including phenoxy) is 1. The van der Waals surface area contributed by atoms with Gasteiger partial charge < -0.3 is 10.5 Å². The molecule has 0 heterocycles. The molecule has 0 aromatic heterocycles. The van der Waals surface area contributed by atoms with Gasteiger partial charge in [-0.3, -0.25) is 0 Å². The lowest BCUT2D eigenvalue weighted by molar-refractivity contribution is 0.0802. The molecule has 0 fully saturated rings. The maximum atomic E-state index is 8.61. The van der Waals surface area contributed by atoms with Crippen molar-refractivity contribution in [2.45, 2.75) is 39.2 Å². The Bertz CT molecular complexity index is 172. The van der Waals surface area contributed by atoms with Gasteiger partial charge in [0.1, 0.15) is 5.54 Å². The second kappa shape index (κ2) is 5.95. The van der Waals surface area contributed by atoms with Crippen molar-refractivity contribution in [3.8, 4) is 6.07 Å². The molecule has 0 aliphatic heterocycles. The lowest BCUT2D eigenvalue weighted by Gasteiger charge is -2.17. The van der Waals surface area contributed by atoms with Crippen LogP contribution >= 0.6 is 0 Å². The fourth-order valence-corrected chi connectivity index (χ4v) is 1.08. The smallest absolute Gasteiger partial charge is 0.124 e. The molecule has 3 nitrogen and oxygen atoms in total. The Hall–Kier alpha value is -0.590. The normalized spacial score (nSPS) is 17.5. The third-order valence-corrected chi connectivity index (χ3v) is 1.84. The minimum Gasteiger partial charge on any atom is -0.378 e. The van der Waals surface area contributed by atoms with Crippen molar-refractivity contribution in [2.24, 2.45) is 11.7 Å². The summed E-state index contributed by atoms with van der Waals surface area (Å²) in [6, 6.07) is 2.00. The van der Waals surface area contributed by atoms with Gasteiger partial charge in [0.15, 0.2) is 0 Å². The van der Waals surface area contributed by atoms with Gasteiger partial charge in [0, 0.05) is 6.61 Å². The Labute approximate surface area is 80.9 Å². The van der Waals surface area contributed by atoms with Crippen molar-refractivity contribution in [1.29, 1.82) is 5.26 Å². The first-order valence-corrected chi connectivity index (χ1v) is 4.79. The van der Waals surface area contributed by atoms with Crippen molar-refractivity contribution in [3.63, 3.8) is 0 Å². The van der Waals surface area contributed by atoms with E-state index in [2.05, 4.69) is 13.8 Å². The maximum Gasteiger partial charge on any atom is 0.124 e. The number of rotatable bonds is 6. The molecule has 0 aliphatic carbocycles. The van der Waals surface area contributed by atoms with E-state index in [0.717, 1.165) is 6.42 Å². The average molecular weight is 184 g/mol. The molecule has 13 heavy (non-hydrogen) atoms. The highest BCUT2D eigenvalue weighted by Crippen LogP contribution is 2.06. The van der Waals surface area contributed by atoms with Crippen LogP contribution in [-0.2, 0) is 4.74 Å². The molecule has 2 unspecified atom stereocenters. The Balaban J connectivity index is 3.51. The fraction of sp³-hybridized carbons (Fsp3) is 0.900. The average Bonchev–Trinajstić information content (AvgIpc) is 2.05. The molecule has 0 amide bonds. The van der Waals surface area contributed by atoms with E-state index in [1.165, 1.54) is 6.42 Å². The molecule has 0 aromatic carbocycles. The molecule has 0 aliphatic rings. The van der Waals surface area contributed by atoms with Gasteiger partial charge in [-0.15, -0.1) is 0 Å². The van der Waals surface area contributed by atoms with Crippen LogP contribution in [0, 0.1) is 17.2 Å². The van der Waals surface area contributed by atoms with Crippen molar-refractivity contribution < 1.29 is 4.74 Å². The predicted molar refractivity (Wildman–Crippen MR) is 53.1 cm³/mol. The zero-order valence-corrected chi connectivity index (χ0v) is 8.84. The molecular formula is C10H20N2O. The van der Waals surface area contributed by atoms with Crippen LogP contribution in [0.3, 0.4) is 0 Å². The zero-order valence-electron chi connectivity index (χ0n) is 8.84. The van der Waals surface area contributed by atoms with Crippen LogP contribution in [0.5, 0.6) is 0 Å². The van der Waals surface area contributed by atoms with E-state index < -0.39 is 5.54 Å². The van der Waals surface area contributed by atoms with Crippen molar-refractivity contribution in [2.75, 3.05) is 13.2 Å². The molecular weight excluding hydrogens is 164 g/mol. The van der Waals surface area contributed by atoms with E-state index in [9.17, 15) is 0 Å². The van der Waals surface area contributed by atoms with Crippen LogP contribution in [0.15, 0.2) is 0 Å². The molecule has 0 radical (unpaired) electrons. The van der Waals surface area contributed by atoms with Crippen LogP contribution in [-0.4, -0.2) is 18.8 Å². The molecule has 0 saturated carbocycles. The first-order chi connectivity index (χ1) is 6.02. The van der Waals surface area contributed by atoms with Crippen molar-refractivity contribution >= 4 is 0 Å². The van der Waals surface area contributed by atoms with Crippen LogP contribution in [0.25, 0.3) is 0 Å². The molecule has 0 bridgehead atoms. The van der Waals surface area contributed by atoms with E-state index in [1.807, 2.05) is 6.07 Å². The van der Waals surface area contributed by atoms with Gasteiger partial charge in [-0.2, -0.15) is 5.26 Å². The first kappa shape index (κ1) is 12.4. The standard InChI is InChI=1S/C10H20N2O/c1-4-5-9(2)6-13-8-10(3,12)7-11/h9H,4-6,8,12H2,1-3H3. The molecule has 2 atom stereocenters. The van der Waals surface area contributed by atoms with E-state index in [4.69, 9.17) is 15.7 Å². The van der Waals surface area contributed by atoms with Crippen molar-refractivity contribution in [1.82, 2.24) is 0 Å². The largest absolute Gasteiger partial charge is 0.378 e. The minimum atomic E-state index is -0.841. The monoisotopic (exact) mass is 184 g/mol. The summed E-state index contributed by atoms with van der Waals surface area (Å²) in [5.74, 6) is 0.555. The first-order valence-electron chi connectivity index (χ1n) is 4.79. The number of nitrogens with zero attached hydrogens (tertiary/aromatic N) is 1. The summed E-state index contributed by atoms with van der Waals surface area (Å²) in [6.45, 7) is 6.99. The summed E-state index contributed by atoms with van der Waals surface area (Å²) in [4.78, 5) is 0. The Morgan fingerprint density at radius 3 is 2.69 bits per heavy atom. The highest BCUT2D eigenvalue weighted by Gasteiger charge is 2.17. The third-order valence-electron chi connectivity index (χ3n) is 1.84. The van der Waals surface area contributed by atoms with Crippen molar-refractivity contribution in [3.05, 3.63) is 0 Å². The topological polar surface area (TPSA) is 59.0 Å². The molecule has 76 valence electrons. The lowest BCUT2D eigenvalue weighted by Crippen LogP contribution is -2.39. The van der Waals surface area contributed by atoms with E-state index in [0.29, 0.717) is 19.1 Å². The van der Waals surface area contributed by atoms with Gasteiger partial charge in [-0.05, 0) is 19.3 Å². The van der Waals surface area contributed by atoms with Gasteiger partial charge in [0.2, 0.25) is 0 Å². The van der Waals surface area contributed by atoms with E-state index in [-0.39, 0.29) is 0 Å². The Kier molecular flexibility index (Phi) is 5.68. The summed E-state index contributed by atoms with van der Waals surface area (Å²) in [5, 5.41) is 8.61. The number of hydrogen-bond donors (Lipinski definition) is 1. The SMILES string of the molecule is CCCC(C)COCC(C)(N)C#N. The summed E-state index contributed by atoms with van der Waals surface area (Å²) < 4.78 is 5.36. The van der Waals surface area contributed by atoms with Crippen LogP contribution in [0.2, 0.25) is 0 Å². The molecule has 2 N–H and O–H groups in total. The zero-order chi connectivity index (χ0) is 10.3. The number of nitrogens with two attached hydrogens (primary N) is 1. The Morgan fingerprint density at radius 1 is 1.62 bits per heavy atom. The van der Waals surface area contributed by atoms with E-state index in [1.54, 1.807) is 6.92 Å². The summed E-state index contributed by atoms with van der Waals surface area (Å²) in [6.07, 6.45) is 2.33. The summed E-state index contributed by atoms with van der Waals surface area (Å²) in [7, 11) is 0. The highest BCUT2D eigenvalue weighted by molar-refractivity contribution is 5.00. The summed E-state index contributed by atoms with van der Waals surface area (Å²) in [5.41, 5.74) is 4.75. The van der Waals surface area contributed by atoms with Gasteiger partial charge in [-0.1, -0.05) is 20.3 Å².